The highest BCUT2D eigenvalue weighted by Gasteiger charge is 2.43. The van der Waals surface area contributed by atoms with Crippen molar-refractivity contribution in [2.45, 2.75) is 38.4 Å². The molecule has 2 rings (SSSR count). The van der Waals surface area contributed by atoms with Crippen LogP contribution in [-0.2, 0) is 11.3 Å². The number of hydrogen-bond acceptors (Lipinski definition) is 3. The van der Waals surface area contributed by atoms with E-state index in [9.17, 15) is 4.79 Å². The number of benzene rings is 1. The maximum Gasteiger partial charge on any atom is 0.239 e. The lowest BCUT2D eigenvalue weighted by atomic mass is 9.96. The van der Waals surface area contributed by atoms with Gasteiger partial charge < -0.3 is 5.73 Å². The predicted octanol–water partition coefficient (Wildman–Crippen LogP) is 1.11. The molecule has 1 atom stereocenters. The van der Waals surface area contributed by atoms with Crippen LogP contribution in [0.3, 0.4) is 0 Å². The topological polar surface area (TPSA) is 58.4 Å². The third kappa shape index (κ3) is 3.33. The molecule has 3 N–H and O–H groups in total. The minimum absolute atomic E-state index is 0.239. The normalized spacial score (nSPS) is 23.9. The van der Waals surface area contributed by atoms with Gasteiger partial charge in [-0.1, -0.05) is 30.3 Å². The number of carbonyl (C=O) groups is 1. The molecule has 0 spiro atoms. The van der Waals surface area contributed by atoms with Crippen molar-refractivity contribution in [1.82, 2.24) is 10.2 Å². The summed E-state index contributed by atoms with van der Waals surface area (Å²) in [5.74, 6) is -0.239. The maximum atomic E-state index is 11.8. The lowest BCUT2D eigenvalue weighted by molar-refractivity contribution is -0.124. The first-order valence-electron chi connectivity index (χ1n) is 6.86. The summed E-state index contributed by atoms with van der Waals surface area (Å²) >= 11 is 0. The highest BCUT2D eigenvalue weighted by Crippen LogP contribution is 2.23. The van der Waals surface area contributed by atoms with Crippen molar-refractivity contribution in [2.24, 2.45) is 5.73 Å². The molecule has 104 valence electrons. The standard InChI is InChI=1S/C15H23N3O/c1-12(2)17-15(14(16)19)8-9-18(11-15)10-13-6-4-3-5-7-13/h3-7,12,17H,8-11H2,1-2H3,(H2,16,19). The van der Waals surface area contributed by atoms with E-state index in [0.717, 1.165) is 19.5 Å². The van der Waals surface area contributed by atoms with Gasteiger partial charge in [0.2, 0.25) is 5.91 Å². The molecule has 1 aliphatic heterocycles. The molecule has 4 nitrogen and oxygen atoms in total. The van der Waals surface area contributed by atoms with Crippen molar-refractivity contribution in [3.63, 3.8) is 0 Å². The third-order valence-corrected chi connectivity index (χ3v) is 3.63. The highest BCUT2D eigenvalue weighted by atomic mass is 16.1. The summed E-state index contributed by atoms with van der Waals surface area (Å²) in [7, 11) is 0. The van der Waals surface area contributed by atoms with Gasteiger partial charge in [0.1, 0.15) is 5.54 Å². The van der Waals surface area contributed by atoms with Crippen molar-refractivity contribution in [3.8, 4) is 0 Å². The predicted molar refractivity (Wildman–Crippen MR) is 76.5 cm³/mol. The fraction of sp³-hybridized carbons (Fsp3) is 0.533. The van der Waals surface area contributed by atoms with E-state index in [4.69, 9.17) is 5.73 Å². The minimum atomic E-state index is -0.567. The Morgan fingerprint density at radius 2 is 2.11 bits per heavy atom. The molecule has 4 heteroatoms. The summed E-state index contributed by atoms with van der Waals surface area (Å²) in [4.78, 5) is 14.1. The Bertz CT molecular complexity index is 432. The van der Waals surface area contributed by atoms with Crippen LogP contribution in [0.5, 0.6) is 0 Å². The van der Waals surface area contributed by atoms with Crippen molar-refractivity contribution >= 4 is 5.91 Å². The van der Waals surface area contributed by atoms with Crippen LogP contribution in [0, 0.1) is 0 Å². The molecule has 1 heterocycles. The van der Waals surface area contributed by atoms with Gasteiger partial charge in [0.15, 0.2) is 0 Å². The average Bonchev–Trinajstić information content (AvgIpc) is 2.74. The van der Waals surface area contributed by atoms with Gasteiger partial charge in [-0.25, -0.2) is 0 Å². The molecule has 1 fully saturated rings. The molecule has 0 aromatic heterocycles. The van der Waals surface area contributed by atoms with Gasteiger partial charge in [-0.05, 0) is 25.8 Å². The van der Waals surface area contributed by atoms with Crippen molar-refractivity contribution in [3.05, 3.63) is 35.9 Å². The number of nitrogens with zero attached hydrogens (tertiary/aromatic N) is 1. The summed E-state index contributed by atoms with van der Waals surface area (Å²) < 4.78 is 0. The van der Waals surface area contributed by atoms with Gasteiger partial charge in [-0.15, -0.1) is 0 Å². The van der Waals surface area contributed by atoms with Crippen LogP contribution in [-0.4, -0.2) is 35.5 Å². The van der Waals surface area contributed by atoms with Gasteiger partial charge in [0.25, 0.3) is 0 Å². The number of likely N-dealkylation sites (tertiary alicyclic amines) is 1. The first-order chi connectivity index (χ1) is 9.02. The van der Waals surface area contributed by atoms with Crippen molar-refractivity contribution in [2.75, 3.05) is 13.1 Å². The zero-order valence-corrected chi connectivity index (χ0v) is 11.7. The fourth-order valence-electron chi connectivity index (χ4n) is 2.81. The average molecular weight is 261 g/mol. The summed E-state index contributed by atoms with van der Waals surface area (Å²) in [6.45, 7) is 6.55. The Hall–Kier alpha value is -1.39. The van der Waals surface area contributed by atoms with Gasteiger partial charge in [0.05, 0.1) is 0 Å². The first-order valence-corrected chi connectivity index (χ1v) is 6.86. The number of primary amides is 1. The third-order valence-electron chi connectivity index (χ3n) is 3.63. The van der Waals surface area contributed by atoms with Crippen LogP contribution in [0.1, 0.15) is 25.8 Å². The lowest BCUT2D eigenvalue weighted by Gasteiger charge is -2.29. The summed E-state index contributed by atoms with van der Waals surface area (Å²) in [6, 6.07) is 10.6. The molecule has 1 saturated heterocycles. The Morgan fingerprint density at radius 3 is 2.68 bits per heavy atom. The number of carbonyl (C=O) groups excluding carboxylic acids is 1. The number of rotatable bonds is 5. The van der Waals surface area contributed by atoms with E-state index >= 15 is 0 Å². The van der Waals surface area contributed by atoms with Gasteiger partial charge in [0, 0.05) is 25.7 Å². The molecule has 1 amide bonds. The fourth-order valence-corrected chi connectivity index (χ4v) is 2.81. The van der Waals surface area contributed by atoms with Crippen molar-refractivity contribution < 1.29 is 4.79 Å². The first kappa shape index (κ1) is 14.0. The molecule has 0 saturated carbocycles. The van der Waals surface area contributed by atoms with Crippen LogP contribution in [0.25, 0.3) is 0 Å². The second kappa shape index (κ2) is 5.72. The second-order valence-corrected chi connectivity index (χ2v) is 5.69. The second-order valence-electron chi connectivity index (χ2n) is 5.69. The molecule has 0 bridgehead atoms. The Morgan fingerprint density at radius 1 is 1.42 bits per heavy atom. The van der Waals surface area contributed by atoms with E-state index in [1.807, 2.05) is 32.0 Å². The zero-order valence-electron chi connectivity index (χ0n) is 11.7. The Kier molecular flexibility index (Phi) is 4.22. The van der Waals surface area contributed by atoms with Crippen LogP contribution < -0.4 is 11.1 Å². The van der Waals surface area contributed by atoms with Gasteiger partial charge in [-0.2, -0.15) is 0 Å². The Labute approximate surface area is 115 Å². The number of nitrogens with two attached hydrogens (primary N) is 1. The van der Waals surface area contributed by atoms with Crippen LogP contribution in [0.2, 0.25) is 0 Å². The summed E-state index contributed by atoms with van der Waals surface area (Å²) in [5.41, 5.74) is 6.31. The van der Waals surface area contributed by atoms with Crippen molar-refractivity contribution in [1.29, 1.82) is 0 Å². The molecular weight excluding hydrogens is 238 g/mol. The number of amides is 1. The molecule has 0 aliphatic carbocycles. The van der Waals surface area contributed by atoms with Crippen LogP contribution >= 0.6 is 0 Å². The zero-order chi connectivity index (χ0) is 13.9. The number of nitrogens with one attached hydrogen (secondary N) is 1. The molecular formula is C15H23N3O. The van der Waals surface area contributed by atoms with E-state index in [1.54, 1.807) is 0 Å². The Balaban J connectivity index is 2.03. The summed E-state index contributed by atoms with van der Waals surface area (Å²) in [5, 5.41) is 3.35. The monoisotopic (exact) mass is 261 g/mol. The van der Waals surface area contributed by atoms with Crippen LogP contribution in [0.15, 0.2) is 30.3 Å². The smallest absolute Gasteiger partial charge is 0.239 e. The largest absolute Gasteiger partial charge is 0.368 e. The summed E-state index contributed by atoms with van der Waals surface area (Å²) in [6.07, 6.45) is 0.785. The van der Waals surface area contributed by atoms with Gasteiger partial charge in [-0.3, -0.25) is 15.0 Å². The van der Waals surface area contributed by atoms with E-state index in [2.05, 4.69) is 22.3 Å². The number of hydrogen-bond donors (Lipinski definition) is 2. The maximum absolute atomic E-state index is 11.8. The molecule has 1 aromatic rings. The SMILES string of the molecule is CC(C)NC1(C(N)=O)CCN(Cc2ccccc2)C1. The molecule has 1 aliphatic rings. The molecule has 19 heavy (non-hydrogen) atoms. The van der Waals surface area contributed by atoms with Gasteiger partial charge >= 0.3 is 0 Å². The molecule has 1 aromatic carbocycles. The quantitative estimate of drug-likeness (QED) is 0.835. The molecule has 1 unspecified atom stereocenters. The van der Waals surface area contributed by atoms with E-state index in [0.29, 0.717) is 6.54 Å². The minimum Gasteiger partial charge on any atom is -0.368 e. The van der Waals surface area contributed by atoms with Crippen LogP contribution in [0.4, 0.5) is 0 Å². The lowest BCUT2D eigenvalue weighted by Crippen LogP contribution is -2.59. The van der Waals surface area contributed by atoms with E-state index in [-0.39, 0.29) is 11.9 Å². The van der Waals surface area contributed by atoms with E-state index < -0.39 is 5.54 Å². The van der Waals surface area contributed by atoms with E-state index in [1.165, 1.54) is 5.56 Å². The highest BCUT2D eigenvalue weighted by molar-refractivity contribution is 5.85. The molecule has 0 radical (unpaired) electrons.